The zero-order valence-corrected chi connectivity index (χ0v) is 11.0. The van der Waals surface area contributed by atoms with E-state index in [1.54, 1.807) is 0 Å². The third-order valence-electron chi connectivity index (χ3n) is 3.04. The minimum absolute atomic E-state index is 0.0694. The highest BCUT2D eigenvalue weighted by atomic mass is 35.5. The predicted octanol–water partition coefficient (Wildman–Crippen LogP) is 1.45. The van der Waals surface area contributed by atoms with E-state index < -0.39 is 16.2 Å². The Balaban J connectivity index is 1.92. The smallest absolute Gasteiger partial charge is 0.301 e. The topological polar surface area (TPSA) is 107 Å². The average molecular weight is 296 g/mol. The molecule has 1 N–H and O–H groups in total. The lowest BCUT2D eigenvalue weighted by molar-refractivity contribution is -0.386. The molecule has 0 spiro atoms. The van der Waals surface area contributed by atoms with Gasteiger partial charge in [0.2, 0.25) is 0 Å². The number of hydrogen-bond acceptors (Lipinski definition) is 5. The van der Waals surface area contributed by atoms with Crippen LogP contribution in [0, 0.1) is 10.1 Å². The van der Waals surface area contributed by atoms with Crippen molar-refractivity contribution in [2.45, 2.75) is 25.3 Å². The zero-order chi connectivity index (χ0) is 14.3. The number of H-pyrrole nitrogens is 1. The molecule has 104 valence electrons. The molecule has 2 aromatic rings. The van der Waals surface area contributed by atoms with Gasteiger partial charge >= 0.3 is 11.2 Å². The summed E-state index contributed by atoms with van der Waals surface area (Å²) in [5.41, 5.74) is -1.27. The number of aromatic amines is 1. The zero-order valence-electron chi connectivity index (χ0n) is 10.2. The summed E-state index contributed by atoms with van der Waals surface area (Å²) in [6, 6.07) is 1.04. The molecule has 1 aliphatic rings. The number of aromatic nitrogens is 4. The van der Waals surface area contributed by atoms with Crippen molar-refractivity contribution in [1.82, 2.24) is 19.7 Å². The van der Waals surface area contributed by atoms with Crippen LogP contribution in [0.1, 0.15) is 30.4 Å². The lowest BCUT2D eigenvalue weighted by Gasteiger charge is -2.03. The molecule has 3 rings (SSSR count). The quantitative estimate of drug-likeness (QED) is 0.678. The van der Waals surface area contributed by atoms with E-state index in [0.29, 0.717) is 11.7 Å². The fourth-order valence-electron chi connectivity index (χ4n) is 1.90. The van der Waals surface area contributed by atoms with Crippen LogP contribution in [0.4, 0.5) is 5.69 Å². The Morgan fingerprint density at radius 3 is 2.95 bits per heavy atom. The van der Waals surface area contributed by atoms with E-state index in [0.717, 1.165) is 29.3 Å². The van der Waals surface area contributed by atoms with Crippen molar-refractivity contribution in [3.05, 3.63) is 49.4 Å². The Morgan fingerprint density at radius 2 is 2.30 bits per heavy atom. The molecular formula is C11H10ClN5O3. The molecule has 0 amide bonds. The first-order valence-electron chi connectivity index (χ1n) is 6.00. The molecule has 0 unspecified atom stereocenters. The van der Waals surface area contributed by atoms with E-state index in [4.69, 9.17) is 11.6 Å². The van der Waals surface area contributed by atoms with Crippen molar-refractivity contribution in [1.29, 1.82) is 0 Å². The standard InChI is InChI=1S/C11H10ClN5O3/c12-7-3-8(17(19)20)11(18)16(4-7)5-9-13-10(15-14-9)6-1-2-6/h3-4,6H,1-2,5H2,(H,13,14,15). The number of halogens is 1. The van der Waals surface area contributed by atoms with E-state index in [1.807, 2.05) is 0 Å². The Hall–Kier alpha value is -2.22. The fraction of sp³-hybridized carbons (Fsp3) is 0.364. The van der Waals surface area contributed by atoms with Gasteiger partial charge in [-0.3, -0.25) is 20.0 Å². The SMILES string of the molecule is O=c1c([N+](=O)[O-])cc(Cl)cn1Cc1nc(C2CC2)n[nH]1. The van der Waals surface area contributed by atoms with Crippen LogP contribution >= 0.6 is 11.6 Å². The Kier molecular flexibility index (Phi) is 3.01. The van der Waals surface area contributed by atoms with Crippen molar-refractivity contribution in [2.75, 3.05) is 0 Å². The molecule has 2 heterocycles. The Labute approximate surface area is 117 Å². The summed E-state index contributed by atoms with van der Waals surface area (Å²) in [7, 11) is 0. The monoisotopic (exact) mass is 295 g/mol. The summed E-state index contributed by atoms with van der Waals surface area (Å²) in [4.78, 5) is 26.2. The van der Waals surface area contributed by atoms with Crippen molar-refractivity contribution in [2.24, 2.45) is 0 Å². The van der Waals surface area contributed by atoms with Gasteiger partial charge in [0.25, 0.3) is 0 Å². The summed E-state index contributed by atoms with van der Waals surface area (Å²) in [5, 5.41) is 17.7. The van der Waals surface area contributed by atoms with Crippen LogP contribution in [0.25, 0.3) is 0 Å². The maximum absolute atomic E-state index is 11.9. The second kappa shape index (κ2) is 4.71. The van der Waals surface area contributed by atoms with E-state index in [9.17, 15) is 14.9 Å². The van der Waals surface area contributed by atoms with Crippen LogP contribution in [0.15, 0.2) is 17.1 Å². The fourth-order valence-corrected chi connectivity index (χ4v) is 2.12. The Bertz CT molecular complexity index is 734. The van der Waals surface area contributed by atoms with Gasteiger partial charge in [-0.15, -0.1) is 0 Å². The summed E-state index contributed by atoms with van der Waals surface area (Å²) in [6.45, 7) is 0.0694. The number of pyridine rings is 1. The third kappa shape index (κ3) is 2.42. The van der Waals surface area contributed by atoms with Crippen LogP contribution in [0.3, 0.4) is 0 Å². The van der Waals surface area contributed by atoms with Crippen molar-refractivity contribution >= 4 is 17.3 Å². The van der Waals surface area contributed by atoms with Gasteiger partial charge in [0.15, 0.2) is 5.82 Å². The molecule has 1 aliphatic carbocycles. The molecule has 0 radical (unpaired) electrons. The maximum Gasteiger partial charge on any atom is 0.335 e. The number of hydrogen-bond donors (Lipinski definition) is 1. The normalized spacial score (nSPS) is 14.4. The number of rotatable bonds is 4. The van der Waals surface area contributed by atoms with Crippen LogP contribution in [0.2, 0.25) is 5.02 Å². The lowest BCUT2D eigenvalue weighted by atomic mass is 10.4. The van der Waals surface area contributed by atoms with Crippen LogP contribution in [-0.4, -0.2) is 24.7 Å². The van der Waals surface area contributed by atoms with Gasteiger partial charge < -0.3 is 4.57 Å². The minimum Gasteiger partial charge on any atom is -0.301 e. The summed E-state index contributed by atoms with van der Waals surface area (Å²) in [6.07, 6.45) is 3.48. The largest absolute Gasteiger partial charge is 0.335 e. The van der Waals surface area contributed by atoms with Gasteiger partial charge in [-0.25, -0.2) is 4.98 Å². The van der Waals surface area contributed by atoms with Gasteiger partial charge in [0.05, 0.1) is 16.5 Å². The summed E-state index contributed by atoms with van der Waals surface area (Å²) >= 11 is 5.79. The van der Waals surface area contributed by atoms with E-state index >= 15 is 0 Å². The molecule has 2 aromatic heterocycles. The molecule has 0 aliphatic heterocycles. The molecule has 9 heteroatoms. The molecular weight excluding hydrogens is 286 g/mol. The van der Waals surface area contributed by atoms with E-state index in [-0.39, 0.29) is 11.6 Å². The molecule has 0 atom stereocenters. The first kappa shape index (κ1) is 12.8. The maximum atomic E-state index is 11.9. The predicted molar refractivity (Wildman–Crippen MR) is 69.8 cm³/mol. The molecule has 1 fully saturated rings. The van der Waals surface area contributed by atoms with Gasteiger partial charge in [-0.05, 0) is 12.8 Å². The minimum atomic E-state index is -0.749. The summed E-state index contributed by atoms with van der Waals surface area (Å²) in [5.74, 6) is 1.60. The number of nitrogens with one attached hydrogen (secondary N) is 1. The Morgan fingerprint density at radius 1 is 1.55 bits per heavy atom. The first-order valence-corrected chi connectivity index (χ1v) is 6.38. The summed E-state index contributed by atoms with van der Waals surface area (Å²) < 4.78 is 1.15. The average Bonchev–Trinajstić information content (AvgIpc) is 3.14. The highest BCUT2D eigenvalue weighted by Gasteiger charge is 2.27. The molecule has 8 nitrogen and oxygen atoms in total. The highest BCUT2D eigenvalue weighted by molar-refractivity contribution is 6.30. The molecule has 1 saturated carbocycles. The number of nitro groups is 1. The third-order valence-corrected chi connectivity index (χ3v) is 3.25. The van der Waals surface area contributed by atoms with Crippen molar-refractivity contribution in [3.8, 4) is 0 Å². The second-order valence-corrected chi connectivity index (χ2v) is 5.08. The van der Waals surface area contributed by atoms with Gasteiger partial charge in [0.1, 0.15) is 5.82 Å². The molecule has 0 saturated heterocycles. The van der Waals surface area contributed by atoms with Crippen molar-refractivity contribution < 1.29 is 4.92 Å². The van der Waals surface area contributed by atoms with E-state index in [1.165, 1.54) is 6.20 Å². The molecule has 20 heavy (non-hydrogen) atoms. The van der Waals surface area contributed by atoms with Gasteiger partial charge in [-0.2, -0.15) is 5.10 Å². The van der Waals surface area contributed by atoms with Gasteiger partial charge in [-0.1, -0.05) is 11.6 Å². The van der Waals surface area contributed by atoms with Crippen LogP contribution in [0.5, 0.6) is 0 Å². The highest BCUT2D eigenvalue weighted by Crippen LogP contribution is 2.37. The first-order chi connectivity index (χ1) is 9.54. The molecule has 0 aromatic carbocycles. The van der Waals surface area contributed by atoms with E-state index in [2.05, 4.69) is 15.2 Å². The second-order valence-electron chi connectivity index (χ2n) is 4.65. The van der Waals surface area contributed by atoms with Crippen LogP contribution < -0.4 is 5.56 Å². The molecule has 0 bridgehead atoms. The van der Waals surface area contributed by atoms with Crippen LogP contribution in [-0.2, 0) is 6.54 Å². The van der Waals surface area contributed by atoms with Gasteiger partial charge in [0, 0.05) is 18.2 Å². The number of nitrogens with zero attached hydrogens (tertiary/aromatic N) is 4. The van der Waals surface area contributed by atoms with Crippen molar-refractivity contribution in [3.63, 3.8) is 0 Å². The lowest BCUT2D eigenvalue weighted by Crippen LogP contribution is -2.23.